The van der Waals surface area contributed by atoms with Gasteiger partial charge >= 0.3 is 0 Å². The number of amides is 1. The highest BCUT2D eigenvalue weighted by Gasteiger charge is 2.25. The molecule has 0 spiro atoms. The van der Waals surface area contributed by atoms with Crippen LogP contribution >= 0.6 is 0 Å². The van der Waals surface area contributed by atoms with Gasteiger partial charge in [0.1, 0.15) is 5.82 Å². The van der Waals surface area contributed by atoms with Crippen molar-refractivity contribution in [3.8, 4) is 0 Å². The number of carbonyl (C=O) groups is 1. The molecule has 4 rings (SSSR count). The number of aryl methyl sites for hydroxylation is 1. The zero-order chi connectivity index (χ0) is 19.5. The number of hydrogen-bond donors (Lipinski definition) is 0. The van der Waals surface area contributed by atoms with Crippen LogP contribution in [0.15, 0.2) is 28.9 Å². The molecule has 2 aliphatic heterocycles. The fourth-order valence-electron chi connectivity index (χ4n) is 3.80. The number of aromatic nitrogens is 2. The first kappa shape index (κ1) is 18.7. The third-order valence-electron chi connectivity index (χ3n) is 5.55. The van der Waals surface area contributed by atoms with E-state index in [4.69, 9.17) is 9.40 Å². The van der Waals surface area contributed by atoms with E-state index in [1.807, 2.05) is 17.9 Å². The monoisotopic (exact) mass is 384 g/mol. The minimum absolute atomic E-state index is 0.0435. The number of likely N-dealkylation sites (N-methyl/N-ethyl adjacent to an activating group) is 1. The van der Waals surface area contributed by atoms with E-state index in [9.17, 15) is 4.79 Å². The van der Waals surface area contributed by atoms with Crippen molar-refractivity contribution in [1.29, 1.82) is 0 Å². The van der Waals surface area contributed by atoms with Crippen LogP contribution < -0.4 is 9.80 Å². The van der Waals surface area contributed by atoms with Crippen molar-refractivity contribution < 1.29 is 9.21 Å². The van der Waals surface area contributed by atoms with Crippen LogP contribution in [0.3, 0.4) is 0 Å². The van der Waals surface area contributed by atoms with Gasteiger partial charge in [-0.3, -0.25) is 4.79 Å². The highest BCUT2D eigenvalue weighted by molar-refractivity contribution is 5.91. The normalized spacial score (nSPS) is 18.6. The fraction of sp³-hybridized carbons (Fsp3) is 0.550. The van der Waals surface area contributed by atoms with Crippen LogP contribution in [0, 0.1) is 6.92 Å². The van der Waals surface area contributed by atoms with Crippen molar-refractivity contribution in [2.24, 2.45) is 0 Å². The second-order valence-electron chi connectivity index (χ2n) is 7.35. The van der Waals surface area contributed by atoms with Crippen LogP contribution in [-0.4, -0.2) is 84.6 Å². The van der Waals surface area contributed by atoms with Crippen molar-refractivity contribution in [3.63, 3.8) is 0 Å². The number of furan rings is 1. The molecule has 1 amide bonds. The Morgan fingerprint density at radius 1 is 1.04 bits per heavy atom. The summed E-state index contributed by atoms with van der Waals surface area (Å²) in [6.45, 7) is 12.2. The van der Waals surface area contributed by atoms with E-state index in [1.54, 1.807) is 12.1 Å². The standard InChI is InChI=1S/C20H28N6O2/c1-3-23-6-8-26(9-7-23)20-21-16(2)15-18(22-20)24-10-12-25(13-11-24)19(27)17-5-4-14-28-17/h4-5,14-15H,3,6-13H2,1-2H3. The number of nitrogens with zero attached hydrogens (tertiary/aromatic N) is 6. The summed E-state index contributed by atoms with van der Waals surface area (Å²) in [6.07, 6.45) is 1.54. The number of hydrogen-bond acceptors (Lipinski definition) is 7. The lowest BCUT2D eigenvalue weighted by molar-refractivity contribution is 0.0714. The average molecular weight is 384 g/mol. The Balaban J connectivity index is 1.41. The third-order valence-corrected chi connectivity index (χ3v) is 5.55. The summed E-state index contributed by atoms with van der Waals surface area (Å²) in [7, 11) is 0. The predicted molar refractivity (Wildman–Crippen MR) is 108 cm³/mol. The van der Waals surface area contributed by atoms with Gasteiger partial charge in [-0.05, 0) is 25.6 Å². The molecule has 28 heavy (non-hydrogen) atoms. The van der Waals surface area contributed by atoms with Gasteiger partial charge in [-0.1, -0.05) is 6.92 Å². The summed E-state index contributed by atoms with van der Waals surface area (Å²) >= 11 is 0. The summed E-state index contributed by atoms with van der Waals surface area (Å²) in [6, 6.07) is 5.50. The van der Waals surface area contributed by atoms with Gasteiger partial charge in [-0.2, -0.15) is 4.98 Å². The first-order valence-corrected chi connectivity index (χ1v) is 10.0. The van der Waals surface area contributed by atoms with E-state index >= 15 is 0 Å². The average Bonchev–Trinajstić information content (AvgIpc) is 3.28. The Kier molecular flexibility index (Phi) is 5.47. The van der Waals surface area contributed by atoms with Crippen LogP contribution in [0.4, 0.5) is 11.8 Å². The van der Waals surface area contributed by atoms with Crippen LogP contribution in [0.2, 0.25) is 0 Å². The minimum atomic E-state index is -0.0435. The second-order valence-corrected chi connectivity index (χ2v) is 7.35. The molecule has 0 aliphatic carbocycles. The van der Waals surface area contributed by atoms with Gasteiger partial charge in [0.05, 0.1) is 6.26 Å². The maximum Gasteiger partial charge on any atom is 0.289 e. The zero-order valence-corrected chi connectivity index (χ0v) is 16.7. The number of piperazine rings is 2. The molecule has 2 fully saturated rings. The summed E-state index contributed by atoms with van der Waals surface area (Å²) in [4.78, 5) is 30.8. The van der Waals surface area contributed by atoms with Crippen LogP contribution in [0.1, 0.15) is 23.2 Å². The molecule has 150 valence electrons. The summed E-state index contributed by atoms with van der Waals surface area (Å²) < 4.78 is 5.24. The largest absolute Gasteiger partial charge is 0.459 e. The molecular formula is C20H28N6O2. The molecular weight excluding hydrogens is 356 g/mol. The molecule has 0 unspecified atom stereocenters. The van der Waals surface area contributed by atoms with Crippen molar-refractivity contribution in [1.82, 2.24) is 19.8 Å². The van der Waals surface area contributed by atoms with E-state index < -0.39 is 0 Å². The molecule has 0 bridgehead atoms. The summed E-state index contributed by atoms with van der Waals surface area (Å²) in [5, 5.41) is 0. The third kappa shape index (κ3) is 3.96. The summed E-state index contributed by atoms with van der Waals surface area (Å²) in [5.41, 5.74) is 0.979. The molecule has 2 aromatic rings. The molecule has 8 heteroatoms. The SMILES string of the molecule is CCN1CCN(c2nc(C)cc(N3CCN(C(=O)c4ccco4)CC3)n2)CC1. The number of anilines is 2. The first-order chi connectivity index (χ1) is 13.6. The van der Waals surface area contributed by atoms with Gasteiger partial charge in [-0.25, -0.2) is 4.98 Å². The lowest BCUT2D eigenvalue weighted by atomic mass is 10.2. The van der Waals surface area contributed by atoms with Crippen molar-refractivity contribution in [2.75, 3.05) is 68.7 Å². The maximum atomic E-state index is 12.4. The molecule has 0 N–H and O–H groups in total. The van der Waals surface area contributed by atoms with E-state index in [-0.39, 0.29) is 5.91 Å². The Labute approximate surface area is 165 Å². The molecule has 2 saturated heterocycles. The molecule has 0 atom stereocenters. The fourth-order valence-corrected chi connectivity index (χ4v) is 3.80. The van der Waals surface area contributed by atoms with Crippen molar-refractivity contribution in [3.05, 3.63) is 35.9 Å². The molecule has 2 aliphatic rings. The van der Waals surface area contributed by atoms with Crippen LogP contribution in [0.5, 0.6) is 0 Å². The molecule has 0 radical (unpaired) electrons. The van der Waals surface area contributed by atoms with Gasteiger partial charge in [0.15, 0.2) is 5.76 Å². The van der Waals surface area contributed by atoms with Gasteiger partial charge < -0.3 is 24.0 Å². The first-order valence-electron chi connectivity index (χ1n) is 10.0. The minimum Gasteiger partial charge on any atom is -0.459 e. The summed E-state index contributed by atoms with van der Waals surface area (Å²) in [5.74, 6) is 2.13. The number of rotatable bonds is 4. The van der Waals surface area contributed by atoms with E-state index in [1.165, 1.54) is 6.26 Å². The second kappa shape index (κ2) is 8.18. The zero-order valence-electron chi connectivity index (χ0n) is 16.7. The van der Waals surface area contributed by atoms with E-state index in [0.29, 0.717) is 18.8 Å². The predicted octanol–water partition coefficient (Wildman–Crippen LogP) is 1.48. The molecule has 0 aromatic carbocycles. The van der Waals surface area contributed by atoms with E-state index in [0.717, 1.165) is 63.3 Å². The van der Waals surface area contributed by atoms with Crippen molar-refractivity contribution in [2.45, 2.75) is 13.8 Å². The Bertz CT molecular complexity index is 793. The number of carbonyl (C=O) groups excluding carboxylic acids is 1. The van der Waals surface area contributed by atoms with Gasteiger partial charge in [0.2, 0.25) is 5.95 Å². The van der Waals surface area contributed by atoms with Gasteiger partial charge in [0, 0.05) is 64.1 Å². The lowest BCUT2D eigenvalue weighted by Crippen LogP contribution is -2.49. The quantitative estimate of drug-likeness (QED) is 0.791. The topological polar surface area (TPSA) is 69.0 Å². The molecule has 2 aromatic heterocycles. The highest BCUT2D eigenvalue weighted by Crippen LogP contribution is 2.20. The van der Waals surface area contributed by atoms with Crippen LogP contribution in [0.25, 0.3) is 0 Å². The maximum absolute atomic E-state index is 12.4. The Morgan fingerprint density at radius 3 is 2.39 bits per heavy atom. The van der Waals surface area contributed by atoms with Crippen molar-refractivity contribution >= 4 is 17.7 Å². The molecule has 8 nitrogen and oxygen atoms in total. The lowest BCUT2D eigenvalue weighted by Gasteiger charge is -2.36. The van der Waals surface area contributed by atoms with E-state index in [2.05, 4.69) is 26.6 Å². The Hall–Kier alpha value is -2.61. The molecule has 4 heterocycles. The van der Waals surface area contributed by atoms with Gasteiger partial charge in [0.25, 0.3) is 5.91 Å². The highest BCUT2D eigenvalue weighted by atomic mass is 16.3. The van der Waals surface area contributed by atoms with Crippen LogP contribution in [-0.2, 0) is 0 Å². The van der Waals surface area contributed by atoms with Gasteiger partial charge in [-0.15, -0.1) is 0 Å². The smallest absolute Gasteiger partial charge is 0.289 e. The molecule has 0 saturated carbocycles. The Morgan fingerprint density at radius 2 is 1.75 bits per heavy atom.